The maximum atomic E-state index is 11.0. The zero-order valence-electron chi connectivity index (χ0n) is 9.14. The highest BCUT2D eigenvalue weighted by molar-refractivity contribution is 5.71. The fourth-order valence-electron chi connectivity index (χ4n) is 1.16. The minimum Gasteiger partial charge on any atom is -0.491 e. The van der Waals surface area contributed by atoms with Crippen molar-refractivity contribution in [3.63, 3.8) is 0 Å². The van der Waals surface area contributed by atoms with Crippen LogP contribution in [0, 0.1) is 0 Å². The van der Waals surface area contributed by atoms with Crippen LogP contribution in [0.4, 0.5) is 0 Å². The second-order valence-corrected chi connectivity index (χ2v) is 3.57. The molecule has 0 radical (unpaired) electrons. The van der Waals surface area contributed by atoms with Gasteiger partial charge in [0.2, 0.25) is 0 Å². The molecule has 1 heterocycles. The summed E-state index contributed by atoms with van der Waals surface area (Å²) in [6.07, 6.45) is 0.620. The van der Waals surface area contributed by atoms with Crippen molar-refractivity contribution in [3.05, 3.63) is 24.3 Å². The van der Waals surface area contributed by atoms with Crippen molar-refractivity contribution in [2.45, 2.75) is 19.4 Å². The van der Waals surface area contributed by atoms with Crippen molar-refractivity contribution in [3.8, 4) is 11.5 Å². The predicted molar refractivity (Wildman–Crippen MR) is 57.6 cm³/mol. The molecule has 1 fully saturated rings. The van der Waals surface area contributed by atoms with E-state index in [4.69, 9.17) is 14.2 Å². The third-order valence-corrected chi connectivity index (χ3v) is 2.18. The molecule has 0 bridgehead atoms. The average Bonchev–Trinajstić information content (AvgIpc) is 3.12. The van der Waals surface area contributed by atoms with Gasteiger partial charge in [-0.1, -0.05) is 6.92 Å². The van der Waals surface area contributed by atoms with Crippen LogP contribution in [-0.2, 0) is 9.53 Å². The Hall–Kier alpha value is -1.55. The monoisotopic (exact) mass is 222 g/mol. The third kappa shape index (κ3) is 3.24. The Labute approximate surface area is 94.1 Å². The van der Waals surface area contributed by atoms with Crippen LogP contribution < -0.4 is 9.47 Å². The molecule has 4 nitrogen and oxygen atoms in total. The largest absolute Gasteiger partial charge is 0.491 e. The van der Waals surface area contributed by atoms with E-state index < -0.39 is 0 Å². The second kappa shape index (κ2) is 4.99. The summed E-state index contributed by atoms with van der Waals surface area (Å²) in [7, 11) is 0. The highest BCUT2D eigenvalue weighted by atomic mass is 16.6. The van der Waals surface area contributed by atoms with Crippen molar-refractivity contribution in [1.82, 2.24) is 0 Å². The van der Waals surface area contributed by atoms with Gasteiger partial charge < -0.3 is 14.2 Å². The Morgan fingerprint density at radius 3 is 2.56 bits per heavy atom. The highest BCUT2D eigenvalue weighted by Gasteiger charge is 2.22. The van der Waals surface area contributed by atoms with E-state index in [0.717, 1.165) is 12.4 Å². The number of carbonyl (C=O) groups excluding carboxylic acids is 1. The maximum absolute atomic E-state index is 11.0. The average molecular weight is 222 g/mol. The minimum atomic E-state index is -0.236. The van der Waals surface area contributed by atoms with Crippen LogP contribution in [0.5, 0.6) is 11.5 Å². The van der Waals surface area contributed by atoms with Gasteiger partial charge in [0.15, 0.2) is 0 Å². The maximum Gasteiger partial charge on any atom is 0.310 e. The van der Waals surface area contributed by atoms with E-state index in [1.807, 2.05) is 0 Å². The van der Waals surface area contributed by atoms with Gasteiger partial charge in [0, 0.05) is 6.42 Å². The number of benzene rings is 1. The standard InChI is InChI=1S/C12H14O4/c1-2-12(13)16-10-5-3-9(4-6-10)14-7-11-8-15-11/h3-6,11H,2,7-8H2,1H3/t11-/m0/s1. The summed E-state index contributed by atoms with van der Waals surface area (Å²) in [5.41, 5.74) is 0. The lowest BCUT2D eigenvalue weighted by atomic mass is 10.3. The summed E-state index contributed by atoms with van der Waals surface area (Å²) in [4.78, 5) is 11.0. The first-order valence-electron chi connectivity index (χ1n) is 5.33. The lowest BCUT2D eigenvalue weighted by molar-refractivity contribution is -0.134. The van der Waals surface area contributed by atoms with E-state index in [0.29, 0.717) is 18.8 Å². The van der Waals surface area contributed by atoms with Crippen LogP contribution in [0.2, 0.25) is 0 Å². The second-order valence-electron chi connectivity index (χ2n) is 3.57. The van der Waals surface area contributed by atoms with Gasteiger partial charge in [0.25, 0.3) is 0 Å². The Kier molecular flexibility index (Phi) is 3.41. The molecule has 1 aliphatic heterocycles. The van der Waals surface area contributed by atoms with Crippen molar-refractivity contribution < 1.29 is 19.0 Å². The zero-order chi connectivity index (χ0) is 11.4. The number of esters is 1. The van der Waals surface area contributed by atoms with Crippen LogP contribution in [-0.4, -0.2) is 25.3 Å². The Morgan fingerprint density at radius 2 is 2.00 bits per heavy atom. The number of ether oxygens (including phenoxy) is 3. The third-order valence-electron chi connectivity index (χ3n) is 2.18. The lowest BCUT2D eigenvalue weighted by Crippen LogP contribution is -2.06. The minimum absolute atomic E-state index is 0.236. The highest BCUT2D eigenvalue weighted by Crippen LogP contribution is 2.19. The summed E-state index contributed by atoms with van der Waals surface area (Å²) in [6, 6.07) is 6.99. The van der Waals surface area contributed by atoms with Crippen molar-refractivity contribution >= 4 is 5.97 Å². The molecule has 4 heteroatoms. The molecule has 0 spiro atoms. The summed E-state index contributed by atoms with van der Waals surface area (Å²) in [5, 5.41) is 0. The Balaban J connectivity index is 1.85. The van der Waals surface area contributed by atoms with Crippen molar-refractivity contribution in [1.29, 1.82) is 0 Å². The van der Waals surface area contributed by atoms with E-state index >= 15 is 0 Å². The molecule has 0 unspecified atom stereocenters. The summed E-state index contributed by atoms with van der Waals surface area (Å²) < 4.78 is 15.5. The molecule has 1 saturated heterocycles. The van der Waals surface area contributed by atoms with E-state index in [1.54, 1.807) is 31.2 Å². The van der Waals surface area contributed by atoms with Gasteiger partial charge in [-0.3, -0.25) is 4.79 Å². The van der Waals surface area contributed by atoms with Crippen LogP contribution in [0.15, 0.2) is 24.3 Å². The first-order chi connectivity index (χ1) is 7.78. The molecule has 0 saturated carbocycles. The molecule has 86 valence electrons. The number of carbonyl (C=O) groups is 1. The van der Waals surface area contributed by atoms with E-state index in [-0.39, 0.29) is 12.1 Å². The van der Waals surface area contributed by atoms with Crippen molar-refractivity contribution in [2.24, 2.45) is 0 Å². The first kappa shape index (κ1) is 11.0. The SMILES string of the molecule is CCC(=O)Oc1ccc(OC[C@H]2CO2)cc1. The molecule has 1 aromatic rings. The lowest BCUT2D eigenvalue weighted by Gasteiger charge is -2.05. The van der Waals surface area contributed by atoms with E-state index in [2.05, 4.69) is 0 Å². The molecule has 0 aromatic heterocycles. The van der Waals surface area contributed by atoms with E-state index in [9.17, 15) is 4.79 Å². The van der Waals surface area contributed by atoms with Crippen LogP contribution in [0.1, 0.15) is 13.3 Å². The molecule has 1 aromatic carbocycles. The smallest absolute Gasteiger partial charge is 0.310 e. The number of rotatable bonds is 5. The normalized spacial score (nSPS) is 17.9. The molecule has 2 rings (SSSR count). The quantitative estimate of drug-likeness (QED) is 0.433. The van der Waals surface area contributed by atoms with Gasteiger partial charge in [0.1, 0.15) is 24.2 Å². The summed E-state index contributed by atoms with van der Waals surface area (Å²) >= 11 is 0. The summed E-state index contributed by atoms with van der Waals surface area (Å²) in [5.74, 6) is 1.06. The molecule has 0 aliphatic carbocycles. The Morgan fingerprint density at radius 1 is 1.38 bits per heavy atom. The molecule has 16 heavy (non-hydrogen) atoms. The van der Waals surface area contributed by atoms with E-state index in [1.165, 1.54) is 0 Å². The van der Waals surface area contributed by atoms with Gasteiger partial charge in [-0.05, 0) is 24.3 Å². The van der Waals surface area contributed by atoms with Crippen LogP contribution >= 0.6 is 0 Å². The van der Waals surface area contributed by atoms with Crippen molar-refractivity contribution in [2.75, 3.05) is 13.2 Å². The van der Waals surface area contributed by atoms with Gasteiger partial charge in [-0.2, -0.15) is 0 Å². The Bertz CT molecular complexity index is 354. The zero-order valence-corrected chi connectivity index (χ0v) is 9.14. The molecule has 0 N–H and O–H groups in total. The molecular formula is C12H14O4. The fraction of sp³-hybridized carbons (Fsp3) is 0.417. The van der Waals surface area contributed by atoms with Gasteiger partial charge in [-0.25, -0.2) is 0 Å². The summed E-state index contributed by atoms with van der Waals surface area (Å²) in [6.45, 7) is 3.12. The molecule has 1 atom stereocenters. The molecule has 1 aliphatic rings. The first-order valence-corrected chi connectivity index (χ1v) is 5.33. The van der Waals surface area contributed by atoms with Gasteiger partial charge >= 0.3 is 5.97 Å². The predicted octanol–water partition coefficient (Wildman–Crippen LogP) is 1.78. The molecular weight excluding hydrogens is 208 g/mol. The number of hydrogen-bond donors (Lipinski definition) is 0. The fourth-order valence-corrected chi connectivity index (χ4v) is 1.16. The topological polar surface area (TPSA) is 48.1 Å². The van der Waals surface area contributed by atoms with Gasteiger partial charge in [-0.15, -0.1) is 0 Å². The van der Waals surface area contributed by atoms with Crippen LogP contribution in [0.25, 0.3) is 0 Å². The van der Waals surface area contributed by atoms with Crippen LogP contribution in [0.3, 0.4) is 0 Å². The van der Waals surface area contributed by atoms with Gasteiger partial charge in [0.05, 0.1) is 6.61 Å². The number of epoxide rings is 1. The molecule has 0 amide bonds. The number of hydrogen-bond acceptors (Lipinski definition) is 4.